The van der Waals surface area contributed by atoms with Crippen LogP contribution in [0.3, 0.4) is 0 Å². The van der Waals surface area contributed by atoms with Gasteiger partial charge in [0.2, 0.25) is 0 Å². The lowest BCUT2D eigenvalue weighted by Crippen LogP contribution is -2.20. The molecule has 0 aliphatic rings. The van der Waals surface area contributed by atoms with Crippen LogP contribution >= 0.6 is 11.8 Å². The maximum Gasteiger partial charge on any atom is 0.196 e. The van der Waals surface area contributed by atoms with E-state index in [4.69, 9.17) is 4.74 Å². The Morgan fingerprint density at radius 2 is 1.45 bits per heavy atom. The average Bonchev–Trinajstić information content (AvgIpc) is 3.22. The monoisotopic (exact) mass is 403 g/mol. The molecule has 0 saturated heterocycles. The number of rotatable bonds is 8. The summed E-state index contributed by atoms with van der Waals surface area (Å²) in [4.78, 5) is 0. The van der Waals surface area contributed by atoms with Crippen LogP contribution in [-0.4, -0.2) is 38.3 Å². The van der Waals surface area contributed by atoms with Gasteiger partial charge in [-0.05, 0) is 24.3 Å². The standard InChI is InChI=1S/C23H21N3O2S/c27-20(16-28-21-14-8-3-9-15-21)17-29-23-25-24-22(18-10-4-1-5-11-18)26(23)19-12-6-2-7-13-19/h1-15,20,27H,16-17H2/t20-/m0/s1. The number of aliphatic hydroxyl groups is 1. The summed E-state index contributed by atoms with van der Waals surface area (Å²) in [5.74, 6) is 1.97. The molecule has 0 aliphatic heterocycles. The summed E-state index contributed by atoms with van der Waals surface area (Å²) >= 11 is 1.46. The van der Waals surface area contributed by atoms with E-state index in [9.17, 15) is 5.11 Å². The molecular weight excluding hydrogens is 382 g/mol. The van der Waals surface area contributed by atoms with Gasteiger partial charge in [-0.15, -0.1) is 10.2 Å². The fraction of sp³-hybridized carbons (Fsp3) is 0.130. The van der Waals surface area contributed by atoms with E-state index in [0.29, 0.717) is 5.75 Å². The Kier molecular flexibility index (Phi) is 6.24. The highest BCUT2D eigenvalue weighted by Gasteiger charge is 2.17. The molecule has 3 aromatic carbocycles. The van der Waals surface area contributed by atoms with E-state index in [1.54, 1.807) is 0 Å². The highest BCUT2D eigenvalue weighted by molar-refractivity contribution is 7.99. The lowest BCUT2D eigenvalue weighted by Gasteiger charge is -2.13. The van der Waals surface area contributed by atoms with Crippen molar-refractivity contribution in [3.05, 3.63) is 91.0 Å². The number of benzene rings is 3. The lowest BCUT2D eigenvalue weighted by molar-refractivity contribution is 0.126. The Morgan fingerprint density at radius 3 is 2.14 bits per heavy atom. The third-order valence-corrected chi connectivity index (χ3v) is 5.34. The third-order valence-electron chi connectivity index (χ3n) is 4.27. The van der Waals surface area contributed by atoms with E-state index >= 15 is 0 Å². The molecule has 0 radical (unpaired) electrons. The van der Waals surface area contributed by atoms with Gasteiger partial charge < -0.3 is 9.84 Å². The van der Waals surface area contributed by atoms with Crippen molar-refractivity contribution in [1.82, 2.24) is 14.8 Å². The summed E-state index contributed by atoms with van der Waals surface area (Å²) in [5.41, 5.74) is 1.97. The predicted octanol–water partition coefficient (Wildman–Crippen LogP) is 4.47. The van der Waals surface area contributed by atoms with Gasteiger partial charge in [0.05, 0.1) is 6.10 Å². The number of thioether (sulfide) groups is 1. The zero-order valence-corrected chi connectivity index (χ0v) is 16.6. The van der Waals surface area contributed by atoms with Crippen molar-refractivity contribution in [2.75, 3.05) is 12.4 Å². The Bertz CT molecular complexity index is 1020. The van der Waals surface area contributed by atoms with Crippen molar-refractivity contribution in [3.8, 4) is 22.8 Å². The van der Waals surface area contributed by atoms with E-state index in [-0.39, 0.29) is 6.61 Å². The topological polar surface area (TPSA) is 60.2 Å². The minimum absolute atomic E-state index is 0.224. The maximum absolute atomic E-state index is 10.4. The van der Waals surface area contributed by atoms with Crippen molar-refractivity contribution in [3.63, 3.8) is 0 Å². The molecule has 0 fully saturated rings. The number of ether oxygens (including phenoxy) is 1. The van der Waals surface area contributed by atoms with Crippen molar-refractivity contribution in [2.45, 2.75) is 11.3 Å². The first kappa shape index (κ1) is 19.2. The second-order valence-corrected chi connectivity index (χ2v) is 7.42. The molecule has 6 heteroatoms. The minimum Gasteiger partial charge on any atom is -0.491 e. The molecule has 0 unspecified atom stereocenters. The highest BCUT2D eigenvalue weighted by Crippen LogP contribution is 2.28. The normalized spacial score (nSPS) is 11.9. The fourth-order valence-corrected chi connectivity index (χ4v) is 3.73. The van der Waals surface area contributed by atoms with Crippen LogP contribution in [0.4, 0.5) is 0 Å². The number of hydrogen-bond acceptors (Lipinski definition) is 5. The van der Waals surface area contributed by atoms with Gasteiger partial charge in [-0.2, -0.15) is 0 Å². The molecule has 1 aromatic heterocycles. The van der Waals surface area contributed by atoms with Crippen LogP contribution < -0.4 is 4.74 Å². The molecule has 0 spiro atoms. The summed E-state index contributed by atoms with van der Waals surface area (Å²) in [6, 6.07) is 29.5. The van der Waals surface area contributed by atoms with E-state index < -0.39 is 6.10 Å². The number of hydrogen-bond donors (Lipinski definition) is 1. The molecule has 4 aromatic rings. The lowest BCUT2D eigenvalue weighted by atomic mass is 10.2. The molecule has 1 heterocycles. The van der Waals surface area contributed by atoms with Gasteiger partial charge in [-0.3, -0.25) is 4.57 Å². The summed E-state index contributed by atoms with van der Waals surface area (Å²) in [7, 11) is 0. The zero-order chi connectivity index (χ0) is 19.9. The summed E-state index contributed by atoms with van der Waals surface area (Å²) in [5, 5.41) is 19.9. The minimum atomic E-state index is -0.624. The predicted molar refractivity (Wildman–Crippen MR) is 115 cm³/mol. The molecule has 146 valence electrons. The van der Waals surface area contributed by atoms with Crippen molar-refractivity contribution in [2.24, 2.45) is 0 Å². The van der Waals surface area contributed by atoms with E-state index in [0.717, 1.165) is 28.0 Å². The quantitative estimate of drug-likeness (QED) is 0.440. The molecule has 5 nitrogen and oxygen atoms in total. The largest absolute Gasteiger partial charge is 0.491 e. The fourth-order valence-electron chi connectivity index (χ4n) is 2.88. The Hall–Kier alpha value is -3.09. The van der Waals surface area contributed by atoms with Gasteiger partial charge in [0, 0.05) is 17.0 Å². The third kappa shape index (κ3) is 4.85. The second-order valence-electron chi connectivity index (χ2n) is 6.43. The smallest absolute Gasteiger partial charge is 0.196 e. The van der Waals surface area contributed by atoms with E-state index in [1.807, 2.05) is 95.6 Å². The van der Waals surface area contributed by atoms with E-state index in [2.05, 4.69) is 10.2 Å². The Labute approximate surface area is 174 Å². The van der Waals surface area contributed by atoms with Crippen LogP contribution in [0.1, 0.15) is 0 Å². The number of aromatic nitrogens is 3. The van der Waals surface area contributed by atoms with Gasteiger partial charge in [0.15, 0.2) is 11.0 Å². The van der Waals surface area contributed by atoms with Crippen LogP contribution in [-0.2, 0) is 0 Å². The first-order valence-corrected chi connectivity index (χ1v) is 10.3. The number of nitrogens with zero attached hydrogens (tertiary/aromatic N) is 3. The molecule has 29 heavy (non-hydrogen) atoms. The molecule has 0 saturated carbocycles. The summed E-state index contributed by atoms with van der Waals surface area (Å²) < 4.78 is 7.66. The number of para-hydroxylation sites is 2. The summed E-state index contributed by atoms with van der Waals surface area (Å²) in [6.07, 6.45) is -0.624. The molecule has 4 rings (SSSR count). The average molecular weight is 404 g/mol. The molecular formula is C23H21N3O2S. The zero-order valence-electron chi connectivity index (χ0n) is 15.8. The Balaban J connectivity index is 1.51. The van der Waals surface area contributed by atoms with E-state index in [1.165, 1.54) is 11.8 Å². The van der Waals surface area contributed by atoms with Gasteiger partial charge in [0.25, 0.3) is 0 Å². The molecule has 0 amide bonds. The SMILES string of the molecule is O[C@@H](COc1ccccc1)CSc1nnc(-c2ccccc2)n1-c1ccccc1. The Morgan fingerprint density at radius 1 is 0.828 bits per heavy atom. The molecule has 1 N–H and O–H groups in total. The highest BCUT2D eigenvalue weighted by atomic mass is 32.2. The van der Waals surface area contributed by atoms with Gasteiger partial charge in [-0.25, -0.2) is 0 Å². The van der Waals surface area contributed by atoms with Gasteiger partial charge in [0.1, 0.15) is 12.4 Å². The van der Waals surface area contributed by atoms with Gasteiger partial charge in [-0.1, -0.05) is 78.5 Å². The van der Waals surface area contributed by atoms with Crippen molar-refractivity contribution < 1.29 is 9.84 Å². The van der Waals surface area contributed by atoms with Gasteiger partial charge >= 0.3 is 0 Å². The van der Waals surface area contributed by atoms with Crippen LogP contribution in [0.25, 0.3) is 17.1 Å². The summed E-state index contributed by atoms with van der Waals surface area (Å²) in [6.45, 7) is 0.224. The molecule has 0 aliphatic carbocycles. The first-order chi connectivity index (χ1) is 14.3. The molecule has 1 atom stereocenters. The molecule has 0 bridgehead atoms. The first-order valence-electron chi connectivity index (χ1n) is 9.36. The van der Waals surface area contributed by atoms with Crippen LogP contribution in [0.2, 0.25) is 0 Å². The van der Waals surface area contributed by atoms with Crippen molar-refractivity contribution >= 4 is 11.8 Å². The maximum atomic E-state index is 10.4. The van der Waals surface area contributed by atoms with Crippen LogP contribution in [0.15, 0.2) is 96.2 Å². The van der Waals surface area contributed by atoms with Crippen LogP contribution in [0.5, 0.6) is 5.75 Å². The van der Waals surface area contributed by atoms with Crippen molar-refractivity contribution in [1.29, 1.82) is 0 Å². The van der Waals surface area contributed by atoms with Crippen LogP contribution in [0, 0.1) is 0 Å². The number of aliphatic hydroxyl groups excluding tert-OH is 1. The second kappa shape index (κ2) is 9.41.